The summed E-state index contributed by atoms with van der Waals surface area (Å²) in [6, 6.07) is 11.4. The molecule has 3 N–H and O–H groups in total. The molecule has 0 bridgehead atoms. The number of ether oxygens (including phenoxy) is 2. The Bertz CT molecular complexity index is 904. The number of amides is 1. The second kappa shape index (κ2) is 8.66. The van der Waals surface area contributed by atoms with Gasteiger partial charge in [-0.3, -0.25) is 0 Å². The van der Waals surface area contributed by atoms with E-state index in [9.17, 15) is 9.90 Å². The number of piperidine rings is 1. The van der Waals surface area contributed by atoms with Crippen LogP contribution in [-0.4, -0.2) is 41.8 Å². The number of nitrogens with zero attached hydrogens (tertiary/aromatic N) is 1. The van der Waals surface area contributed by atoms with Crippen LogP contribution >= 0.6 is 0 Å². The van der Waals surface area contributed by atoms with Gasteiger partial charge in [0.2, 0.25) is 0 Å². The molecule has 160 valence electrons. The fraction of sp³-hybridized carbons (Fsp3) is 0.458. The SMILES string of the molecule is Cc1ccc(OC(=O)N2CCC(C3Cc4c(ccc(C)c4O)C(CN)O3)CC2)cc1. The lowest BCUT2D eigenvalue weighted by atomic mass is 9.83. The molecular weight excluding hydrogens is 380 g/mol. The minimum atomic E-state index is -0.305. The second-order valence-corrected chi connectivity index (χ2v) is 8.41. The monoisotopic (exact) mass is 410 g/mol. The number of benzene rings is 2. The molecule has 0 spiro atoms. The quantitative estimate of drug-likeness (QED) is 0.803. The van der Waals surface area contributed by atoms with E-state index >= 15 is 0 Å². The van der Waals surface area contributed by atoms with Crippen LogP contribution in [-0.2, 0) is 11.2 Å². The molecule has 0 aliphatic carbocycles. The van der Waals surface area contributed by atoms with Gasteiger partial charge in [-0.2, -0.15) is 0 Å². The van der Waals surface area contributed by atoms with Crippen LogP contribution in [0.3, 0.4) is 0 Å². The number of phenols is 1. The molecule has 2 aliphatic heterocycles. The van der Waals surface area contributed by atoms with Gasteiger partial charge in [-0.1, -0.05) is 29.8 Å². The third kappa shape index (κ3) is 4.16. The topological polar surface area (TPSA) is 85.0 Å². The van der Waals surface area contributed by atoms with Gasteiger partial charge >= 0.3 is 6.09 Å². The number of fused-ring (bicyclic) bond motifs is 1. The number of nitrogens with two attached hydrogens (primary N) is 1. The first-order chi connectivity index (χ1) is 14.5. The maximum atomic E-state index is 12.5. The lowest BCUT2D eigenvalue weighted by molar-refractivity contribution is -0.0633. The Morgan fingerprint density at radius 3 is 2.53 bits per heavy atom. The smallest absolute Gasteiger partial charge is 0.415 e. The van der Waals surface area contributed by atoms with Crippen molar-refractivity contribution >= 4 is 6.09 Å². The van der Waals surface area contributed by atoms with Crippen LogP contribution in [0.4, 0.5) is 4.79 Å². The maximum Gasteiger partial charge on any atom is 0.415 e. The summed E-state index contributed by atoms with van der Waals surface area (Å²) in [7, 11) is 0. The zero-order valence-corrected chi connectivity index (χ0v) is 17.6. The van der Waals surface area contributed by atoms with Gasteiger partial charge in [0, 0.05) is 31.6 Å². The van der Waals surface area contributed by atoms with Crippen LogP contribution in [0.25, 0.3) is 0 Å². The van der Waals surface area contributed by atoms with Crippen LogP contribution in [0.15, 0.2) is 36.4 Å². The summed E-state index contributed by atoms with van der Waals surface area (Å²) in [6.07, 6.45) is 1.85. The number of carbonyl (C=O) groups is 1. The van der Waals surface area contributed by atoms with Crippen LogP contribution in [0.5, 0.6) is 11.5 Å². The number of aryl methyl sites for hydroxylation is 2. The minimum absolute atomic E-state index is 0.00554. The van der Waals surface area contributed by atoms with Gasteiger partial charge < -0.3 is 25.2 Å². The first-order valence-electron chi connectivity index (χ1n) is 10.7. The van der Waals surface area contributed by atoms with Gasteiger partial charge in [-0.25, -0.2) is 4.79 Å². The fourth-order valence-electron chi connectivity index (χ4n) is 4.50. The molecule has 2 aromatic carbocycles. The first-order valence-corrected chi connectivity index (χ1v) is 10.7. The van der Waals surface area contributed by atoms with Gasteiger partial charge in [0.1, 0.15) is 11.5 Å². The molecule has 2 aliphatic rings. The van der Waals surface area contributed by atoms with Gasteiger partial charge in [0.15, 0.2) is 0 Å². The van der Waals surface area contributed by atoms with Crippen molar-refractivity contribution in [2.45, 2.75) is 45.3 Å². The van der Waals surface area contributed by atoms with Crippen molar-refractivity contribution in [2.24, 2.45) is 11.7 Å². The second-order valence-electron chi connectivity index (χ2n) is 8.41. The van der Waals surface area contributed by atoms with E-state index in [0.29, 0.717) is 43.5 Å². The lowest BCUT2D eigenvalue weighted by Gasteiger charge is -2.40. The Labute approximate surface area is 177 Å². The van der Waals surface area contributed by atoms with Crippen molar-refractivity contribution < 1.29 is 19.4 Å². The highest BCUT2D eigenvalue weighted by molar-refractivity contribution is 5.70. The summed E-state index contributed by atoms with van der Waals surface area (Å²) < 4.78 is 11.8. The highest BCUT2D eigenvalue weighted by atomic mass is 16.6. The Morgan fingerprint density at radius 1 is 1.17 bits per heavy atom. The molecule has 1 fully saturated rings. The van der Waals surface area contributed by atoms with Gasteiger partial charge in [0.25, 0.3) is 0 Å². The van der Waals surface area contributed by atoms with Crippen molar-refractivity contribution in [2.75, 3.05) is 19.6 Å². The van der Waals surface area contributed by atoms with E-state index in [1.807, 2.05) is 50.2 Å². The number of carbonyl (C=O) groups excluding carboxylic acids is 1. The highest BCUT2D eigenvalue weighted by Gasteiger charge is 2.36. The van der Waals surface area contributed by atoms with E-state index in [1.54, 1.807) is 4.90 Å². The third-order valence-electron chi connectivity index (χ3n) is 6.38. The Hall–Kier alpha value is -2.57. The van der Waals surface area contributed by atoms with Gasteiger partial charge in [-0.15, -0.1) is 0 Å². The number of likely N-dealkylation sites (tertiary alicyclic amines) is 1. The Balaban J connectivity index is 1.38. The minimum Gasteiger partial charge on any atom is -0.507 e. The predicted octanol–water partition coefficient (Wildman–Crippen LogP) is 3.86. The molecule has 4 rings (SSSR count). The van der Waals surface area contributed by atoms with Gasteiger partial charge in [-0.05, 0) is 55.9 Å². The number of rotatable bonds is 3. The van der Waals surface area contributed by atoms with E-state index in [4.69, 9.17) is 15.2 Å². The normalized spacial score (nSPS) is 21.9. The molecule has 2 unspecified atom stereocenters. The van der Waals surface area contributed by atoms with E-state index < -0.39 is 0 Å². The molecule has 0 radical (unpaired) electrons. The maximum absolute atomic E-state index is 12.5. The molecule has 30 heavy (non-hydrogen) atoms. The number of hydrogen-bond acceptors (Lipinski definition) is 5. The average Bonchev–Trinajstić information content (AvgIpc) is 2.77. The molecule has 6 nitrogen and oxygen atoms in total. The van der Waals surface area contributed by atoms with E-state index in [2.05, 4.69) is 0 Å². The summed E-state index contributed by atoms with van der Waals surface area (Å²) in [6.45, 7) is 5.56. The molecular formula is C24H30N2O4. The molecule has 0 saturated carbocycles. The van der Waals surface area contributed by atoms with E-state index in [1.165, 1.54) is 0 Å². The van der Waals surface area contributed by atoms with Crippen molar-refractivity contribution in [1.82, 2.24) is 4.90 Å². The number of hydrogen-bond donors (Lipinski definition) is 2. The standard InChI is InChI=1S/C24H30N2O4/c1-15-3-6-18(7-4-15)29-24(28)26-11-9-17(10-12-26)21-13-20-19(22(14-25)30-21)8-5-16(2)23(20)27/h3-8,17,21-22,27H,9-14,25H2,1-2H3. The molecule has 2 aromatic rings. The number of phenolic OH excluding ortho intramolecular Hbond substituents is 1. The van der Waals surface area contributed by atoms with Crippen molar-refractivity contribution in [1.29, 1.82) is 0 Å². The van der Waals surface area contributed by atoms with E-state index in [0.717, 1.165) is 35.1 Å². The first kappa shape index (κ1) is 20.7. The van der Waals surface area contributed by atoms with E-state index in [-0.39, 0.29) is 18.3 Å². The van der Waals surface area contributed by atoms with Crippen LogP contribution in [0, 0.1) is 19.8 Å². The zero-order valence-electron chi connectivity index (χ0n) is 17.6. The molecule has 0 aromatic heterocycles. The summed E-state index contributed by atoms with van der Waals surface area (Å²) >= 11 is 0. The molecule has 2 heterocycles. The van der Waals surface area contributed by atoms with Crippen molar-refractivity contribution in [3.05, 3.63) is 58.7 Å². The fourth-order valence-corrected chi connectivity index (χ4v) is 4.50. The lowest BCUT2D eigenvalue weighted by Crippen LogP contribution is -2.45. The van der Waals surface area contributed by atoms with Crippen LogP contribution < -0.4 is 10.5 Å². The molecule has 1 amide bonds. The summed E-state index contributed by atoms with van der Waals surface area (Å²) in [5.41, 5.74) is 9.92. The van der Waals surface area contributed by atoms with Gasteiger partial charge in [0.05, 0.1) is 12.2 Å². The summed E-state index contributed by atoms with van der Waals surface area (Å²) in [5.74, 6) is 1.24. The number of aromatic hydroxyl groups is 1. The molecule has 2 atom stereocenters. The third-order valence-corrected chi connectivity index (χ3v) is 6.38. The Morgan fingerprint density at radius 2 is 1.87 bits per heavy atom. The van der Waals surface area contributed by atoms with Crippen LogP contribution in [0.2, 0.25) is 0 Å². The predicted molar refractivity (Wildman–Crippen MR) is 115 cm³/mol. The molecule has 6 heteroatoms. The Kier molecular flexibility index (Phi) is 5.97. The highest BCUT2D eigenvalue weighted by Crippen LogP contribution is 2.40. The zero-order chi connectivity index (χ0) is 21.3. The average molecular weight is 411 g/mol. The molecule has 1 saturated heterocycles. The largest absolute Gasteiger partial charge is 0.507 e. The van der Waals surface area contributed by atoms with Crippen molar-refractivity contribution in [3.8, 4) is 11.5 Å². The summed E-state index contributed by atoms with van der Waals surface area (Å²) in [4.78, 5) is 14.3. The van der Waals surface area contributed by atoms with Crippen LogP contribution in [0.1, 0.15) is 41.2 Å². The van der Waals surface area contributed by atoms with Crippen molar-refractivity contribution in [3.63, 3.8) is 0 Å². The summed E-state index contributed by atoms with van der Waals surface area (Å²) in [5, 5.41) is 10.6.